The Balaban J connectivity index is 2.24. The molecule has 0 spiro atoms. The maximum atomic E-state index is 12.9. The molecule has 2 aromatic carbocycles. The molecule has 3 nitrogen and oxygen atoms in total. The Morgan fingerprint density at radius 3 is 2.30 bits per heavy atom. The van der Waals surface area contributed by atoms with Gasteiger partial charge in [0.1, 0.15) is 5.82 Å². The third kappa shape index (κ3) is 3.45. The van der Waals surface area contributed by atoms with Crippen LogP contribution in [0.3, 0.4) is 0 Å². The third-order valence-corrected chi connectivity index (χ3v) is 5.38. The van der Waals surface area contributed by atoms with Gasteiger partial charge in [0.2, 0.25) is 10.0 Å². The van der Waals surface area contributed by atoms with Crippen LogP contribution in [0, 0.1) is 5.82 Å². The molecule has 106 valence electrons. The average Bonchev–Trinajstić information content (AvgIpc) is 2.39. The highest BCUT2D eigenvalue weighted by atomic mass is 79.9. The van der Waals surface area contributed by atoms with Crippen molar-refractivity contribution in [1.29, 1.82) is 0 Å². The van der Waals surface area contributed by atoms with Gasteiger partial charge in [-0.05, 0) is 52.7 Å². The van der Waals surface area contributed by atoms with Crippen molar-refractivity contribution in [2.24, 2.45) is 0 Å². The molecule has 0 bridgehead atoms. The maximum absolute atomic E-state index is 12.9. The van der Waals surface area contributed by atoms with Crippen LogP contribution in [0.2, 0.25) is 0 Å². The summed E-state index contributed by atoms with van der Waals surface area (Å²) in [7, 11) is -3.64. The molecule has 0 saturated heterocycles. The first-order valence-corrected chi connectivity index (χ1v) is 8.20. The first-order valence-electron chi connectivity index (χ1n) is 5.92. The predicted molar refractivity (Wildman–Crippen MR) is 79.3 cm³/mol. The van der Waals surface area contributed by atoms with Crippen LogP contribution in [0.4, 0.5) is 4.39 Å². The number of hydrogen-bond donors (Lipinski definition) is 1. The fourth-order valence-corrected chi connectivity index (χ4v) is 4.01. The third-order valence-electron chi connectivity index (χ3n) is 2.83. The van der Waals surface area contributed by atoms with Crippen molar-refractivity contribution in [2.45, 2.75) is 17.9 Å². The summed E-state index contributed by atoms with van der Waals surface area (Å²) < 4.78 is 40.5. The first kappa shape index (κ1) is 15.2. The van der Waals surface area contributed by atoms with Gasteiger partial charge in [-0.3, -0.25) is 0 Å². The number of hydrogen-bond acceptors (Lipinski definition) is 2. The van der Waals surface area contributed by atoms with Gasteiger partial charge in [-0.25, -0.2) is 17.5 Å². The Morgan fingerprint density at radius 1 is 1.10 bits per heavy atom. The largest absolute Gasteiger partial charge is 0.242 e. The summed E-state index contributed by atoms with van der Waals surface area (Å²) in [5.74, 6) is -0.352. The van der Waals surface area contributed by atoms with E-state index in [4.69, 9.17) is 0 Å². The average molecular weight is 358 g/mol. The zero-order valence-electron chi connectivity index (χ0n) is 10.7. The summed E-state index contributed by atoms with van der Waals surface area (Å²) in [5.41, 5.74) is 0.696. The van der Waals surface area contributed by atoms with Crippen LogP contribution in [0.25, 0.3) is 0 Å². The van der Waals surface area contributed by atoms with Gasteiger partial charge in [0.25, 0.3) is 0 Å². The molecule has 0 aliphatic carbocycles. The second-order valence-electron chi connectivity index (χ2n) is 4.32. The number of benzene rings is 2. The van der Waals surface area contributed by atoms with E-state index in [0.717, 1.165) is 0 Å². The molecule has 0 radical (unpaired) electrons. The van der Waals surface area contributed by atoms with E-state index in [2.05, 4.69) is 20.7 Å². The normalized spacial score (nSPS) is 13.2. The molecular formula is C14H13BrFNO2S. The van der Waals surface area contributed by atoms with Crippen LogP contribution in [0.15, 0.2) is 57.9 Å². The summed E-state index contributed by atoms with van der Waals surface area (Å²) >= 11 is 3.22. The van der Waals surface area contributed by atoms with Crippen molar-refractivity contribution in [3.05, 3.63) is 64.4 Å². The lowest BCUT2D eigenvalue weighted by molar-refractivity contribution is 0.566. The van der Waals surface area contributed by atoms with Crippen LogP contribution in [0.1, 0.15) is 18.5 Å². The molecule has 0 saturated carbocycles. The Bertz CT molecular complexity index is 701. The lowest BCUT2D eigenvalue weighted by atomic mass is 10.1. The summed E-state index contributed by atoms with van der Waals surface area (Å²) in [6.45, 7) is 1.71. The molecule has 0 aliphatic heterocycles. The fraction of sp³-hybridized carbons (Fsp3) is 0.143. The zero-order chi connectivity index (χ0) is 14.8. The monoisotopic (exact) mass is 357 g/mol. The molecule has 1 N–H and O–H groups in total. The van der Waals surface area contributed by atoms with E-state index in [9.17, 15) is 12.8 Å². The standard InChI is InChI=1S/C14H13BrFNO2S/c1-10(11-6-8-12(16)9-7-11)17-20(18,19)14-5-3-2-4-13(14)15/h2-10,17H,1H3/t10-/m0/s1. The van der Waals surface area contributed by atoms with Gasteiger partial charge in [0.15, 0.2) is 0 Å². The Hall–Kier alpha value is -1.24. The lowest BCUT2D eigenvalue weighted by Crippen LogP contribution is -2.27. The van der Waals surface area contributed by atoms with Gasteiger partial charge in [-0.2, -0.15) is 0 Å². The quantitative estimate of drug-likeness (QED) is 0.907. The highest BCUT2D eigenvalue weighted by Crippen LogP contribution is 2.23. The smallest absolute Gasteiger partial charge is 0.207 e. The van der Waals surface area contributed by atoms with Gasteiger partial charge >= 0.3 is 0 Å². The molecule has 2 rings (SSSR count). The number of halogens is 2. The highest BCUT2D eigenvalue weighted by Gasteiger charge is 2.20. The molecule has 0 aliphatic rings. The van der Waals surface area contributed by atoms with Crippen molar-refractivity contribution in [3.8, 4) is 0 Å². The van der Waals surface area contributed by atoms with E-state index in [0.29, 0.717) is 10.0 Å². The van der Waals surface area contributed by atoms with Gasteiger partial charge in [0.05, 0.1) is 4.90 Å². The van der Waals surface area contributed by atoms with Crippen LogP contribution >= 0.6 is 15.9 Å². The second-order valence-corrected chi connectivity index (χ2v) is 6.86. The van der Waals surface area contributed by atoms with Crippen LogP contribution in [-0.4, -0.2) is 8.42 Å². The van der Waals surface area contributed by atoms with E-state index in [1.807, 2.05) is 0 Å². The second kappa shape index (κ2) is 6.03. The molecule has 1 atom stereocenters. The number of nitrogens with one attached hydrogen (secondary N) is 1. The minimum absolute atomic E-state index is 0.175. The van der Waals surface area contributed by atoms with Gasteiger partial charge in [-0.1, -0.05) is 24.3 Å². The van der Waals surface area contributed by atoms with Crippen LogP contribution in [0.5, 0.6) is 0 Å². The van der Waals surface area contributed by atoms with E-state index in [1.165, 1.54) is 18.2 Å². The van der Waals surface area contributed by atoms with E-state index >= 15 is 0 Å². The molecule has 0 aromatic heterocycles. The maximum Gasteiger partial charge on any atom is 0.242 e. The Labute approximate surface area is 126 Å². The van der Waals surface area contributed by atoms with Crippen LogP contribution < -0.4 is 4.72 Å². The van der Waals surface area contributed by atoms with Crippen LogP contribution in [-0.2, 0) is 10.0 Å². The molecule has 0 unspecified atom stereocenters. The van der Waals surface area contributed by atoms with E-state index in [-0.39, 0.29) is 10.7 Å². The predicted octanol–water partition coefficient (Wildman–Crippen LogP) is 3.63. The van der Waals surface area contributed by atoms with Crippen molar-refractivity contribution < 1.29 is 12.8 Å². The molecule has 6 heteroatoms. The SMILES string of the molecule is C[C@H](NS(=O)(=O)c1ccccc1Br)c1ccc(F)cc1. The summed E-state index contributed by atoms with van der Waals surface area (Å²) in [4.78, 5) is 0.175. The summed E-state index contributed by atoms with van der Waals surface area (Å²) in [6.07, 6.45) is 0. The Morgan fingerprint density at radius 2 is 1.70 bits per heavy atom. The number of rotatable bonds is 4. The molecular weight excluding hydrogens is 345 g/mol. The first-order chi connectivity index (χ1) is 9.40. The lowest BCUT2D eigenvalue weighted by Gasteiger charge is -2.15. The fourth-order valence-electron chi connectivity index (χ4n) is 1.78. The molecule has 20 heavy (non-hydrogen) atoms. The molecule has 0 heterocycles. The van der Waals surface area contributed by atoms with Crippen molar-refractivity contribution >= 4 is 26.0 Å². The summed E-state index contributed by atoms with van der Waals surface area (Å²) in [5, 5.41) is 0. The highest BCUT2D eigenvalue weighted by molar-refractivity contribution is 9.10. The molecule has 0 fully saturated rings. The van der Waals surface area contributed by atoms with Crippen molar-refractivity contribution in [1.82, 2.24) is 4.72 Å². The van der Waals surface area contributed by atoms with E-state index in [1.54, 1.807) is 37.3 Å². The number of sulfonamides is 1. The minimum Gasteiger partial charge on any atom is -0.207 e. The minimum atomic E-state index is -3.64. The molecule has 0 amide bonds. The van der Waals surface area contributed by atoms with Gasteiger partial charge in [0, 0.05) is 10.5 Å². The molecule has 2 aromatic rings. The summed E-state index contributed by atoms with van der Waals surface area (Å²) in [6, 6.07) is 11.9. The zero-order valence-corrected chi connectivity index (χ0v) is 13.1. The van der Waals surface area contributed by atoms with Crippen molar-refractivity contribution in [2.75, 3.05) is 0 Å². The Kier molecular flexibility index (Phi) is 4.57. The van der Waals surface area contributed by atoms with Gasteiger partial charge in [-0.15, -0.1) is 0 Å². The van der Waals surface area contributed by atoms with Crippen molar-refractivity contribution in [3.63, 3.8) is 0 Å². The van der Waals surface area contributed by atoms with E-state index < -0.39 is 16.1 Å². The van der Waals surface area contributed by atoms with Gasteiger partial charge < -0.3 is 0 Å². The topological polar surface area (TPSA) is 46.2 Å².